The Morgan fingerprint density at radius 3 is 2.50 bits per heavy atom. The maximum Gasteiger partial charge on any atom is 0.266 e. The molecular formula is C17H13N3O5S. The fourth-order valence-corrected chi connectivity index (χ4v) is 2.76. The van der Waals surface area contributed by atoms with Gasteiger partial charge >= 0.3 is 0 Å². The number of carbonyl (C=O) groups excluding carboxylic acids is 1. The normalized spacial score (nSPS) is 13.2. The average Bonchev–Trinajstić information content (AvgIpc) is 3.07. The standard InChI is InChI=1S/C17H13N3O5S/c18-9-12(7-11-1-6-15-16(8-11)25-10-24-15)17(21)20-13-2-4-14(5-3-13)26(19,22)23/h1-8H,10H2,(H,20,21)(H2,19,22,23). The molecule has 132 valence electrons. The van der Waals surface area contributed by atoms with Crippen molar-refractivity contribution in [2.45, 2.75) is 4.90 Å². The van der Waals surface area contributed by atoms with E-state index in [0.717, 1.165) is 0 Å². The molecular weight excluding hydrogens is 358 g/mol. The maximum atomic E-state index is 12.3. The van der Waals surface area contributed by atoms with Crippen LogP contribution < -0.4 is 19.9 Å². The predicted molar refractivity (Wildman–Crippen MR) is 92.6 cm³/mol. The molecule has 3 rings (SSSR count). The molecule has 3 N–H and O–H groups in total. The van der Waals surface area contributed by atoms with Gasteiger partial charge in [0, 0.05) is 5.69 Å². The number of nitrogens with zero attached hydrogens (tertiary/aromatic N) is 1. The Hall–Kier alpha value is -3.35. The zero-order chi connectivity index (χ0) is 18.7. The minimum Gasteiger partial charge on any atom is -0.454 e. The Bertz CT molecular complexity index is 1040. The van der Waals surface area contributed by atoms with Crippen LogP contribution in [-0.4, -0.2) is 21.1 Å². The van der Waals surface area contributed by atoms with Crippen molar-refractivity contribution >= 4 is 27.7 Å². The Morgan fingerprint density at radius 2 is 1.85 bits per heavy atom. The van der Waals surface area contributed by atoms with Gasteiger partial charge in [0.1, 0.15) is 11.6 Å². The highest BCUT2D eigenvalue weighted by Crippen LogP contribution is 2.33. The largest absolute Gasteiger partial charge is 0.454 e. The number of nitrogens with two attached hydrogens (primary N) is 1. The van der Waals surface area contributed by atoms with E-state index in [2.05, 4.69) is 5.32 Å². The van der Waals surface area contributed by atoms with Gasteiger partial charge in [-0.15, -0.1) is 0 Å². The van der Waals surface area contributed by atoms with Crippen molar-refractivity contribution in [3.05, 3.63) is 53.6 Å². The summed E-state index contributed by atoms with van der Waals surface area (Å²) in [5.74, 6) is 0.503. The van der Waals surface area contributed by atoms with Crippen LogP contribution in [0.5, 0.6) is 11.5 Å². The Morgan fingerprint density at radius 1 is 1.15 bits per heavy atom. The van der Waals surface area contributed by atoms with Crippen molar-refractivity contribution in [1.29, 1.82) is 5.26 Å². The molecule has 1 aliphatic rings. The topological polar surface area (TPSA) is 132 Å². The molecule has 9 heteroatoms. The molecule has 0 saturated heterocycles. The van der Waals surface area contributed by atoms with E-state index < -0.39 is 15.9 Å². The first-order valence-corrected chi connectivity index (χ1v) is 8.87. The smallest absolute Gasteiger partial charge is 0.266 e. The number of nitrogens with one attached hydrogen (secondary N) is 1. The number of hydrogen-bond acceptors (Lipinski definition) is 6. The van der Waals surface area contributed by atoms with Crippen LogP contribution in [0, 0.1) is 11.3 Å². The van der Waals surface area contributed by atoms with Gasteiger partial charge in [-0.3, -0.25) is 4.79 Å². The summed E-state index contributed by atoms with van der Waals surface area (Å²) in [4.78, 5) is 12.2. The number of sulfonamides is 1. The second kappa shape index (κ2) is 6.87. The number of benzene rings is 2. The third-order valence-electron chi connectivity index (χ3n) is 3.51. The quantitative estimate of drug-likeness (QED) is 0.620. The van der Waals surface area contributed by atoms with Crippen LogP contribution in [0.2, 0.25) is 0 Å². The summed E-state index contributed by atoms with van der Waals surface area (Å²) < 4.78 is 32.9. The van der Waals surface area contributed by atoms with Crippen LogP contribution >= 0.6 is 0 Å². The third-order valence-corrected chi connectivity index (χ3v) is 4.44. The summed E-state index contributed by atoms with van der Waals surface area (Å²) in [7, 11) is -3.81. The van der Waals surface area contributed by atoms with Crippen molar-refractivity contribution in [2.24, 2.45) is 5.14 Å². The van der Waals surface area contributed by atoms with Gasteiger partial charge in [-0.1, -0.05) is 6.07 Å². The molecule has 2 aromatic carbocycles. The first-order chi connectivity index (χ1) is 12.4. The molecule has 8 nitrogen and oxygen atoms in total. The molecule has 0 fully saturated rings. The molecule has 1 heterocycles. The first-order valence-electron chi connectivity index (χ1n) is 7.32. The summed E-state index contributed by atoms with van der Waals surface area (Å²) in [6, 6.07) is 12.2. The van der Waals surface area contributed by atoms with E-state index in [1.165, 1.54) is 30.3 Å². The zero-order valence-electron chi connectivity index (χ0n) is 13.3. The van der Waals surface area contributed by atoms with Gasteiger partial charge in [0.25, 0.3) is 5.91 Å². The van der Waals surface area contributed by atoms with E-state index in [9.17, 15) is 18.5 Å². The molecule has 0 atom stereocenters. The lowest BCUT2D eigenvalue weighted by Crippen LogP contribution is -2.14. The monoisotopic (exact) mass is 371 g/mol. The lowest BCUT2D eigenvalue weighted by Gasteiger charge is -2.05. The van der Waals surface area contributed by atoms with Crippen LogP contribution in [0.25, 0.3) is 6.08 Å². The molecule has 0 unspecified atom stereocenters. The van der Waals surface area contributed by atoms with E-state index in [-0.39, 0.29) is 17.3 Å². The number of anilines is 1. The summed E-state index contributed by atoms with van der Waals surface area (Å²) >= 11 is 0. The number of primary sulfonamides is 1. The van der Waals surface area contributed by atoms with Crippen LogP contribution in [0.15, 0.2) is 52.9 Å². The highest BCUT2D eigenvalue weighted by Gasteiger charge is 2.15. The molecule has 26 heavy (non-hydrogen) atoms. The molecule has 2 aromatic rings. The molecule has 0 radical (unpaired) electrons. The van der Waals surface area contributed by atoms with E-state index >= 15 is 0 Å². The van der Waals surface area contributed by atoms with Crippen LogP contribution in [0.3, 0.4) is 0 Å². The Labute approximate surface area is 149 Å². The second-order valence-electron chi connectivity index (χ2n) is 5.31. The Kier molecular flexibility index (Phi) is 4.62. The highest BCUT2D eigenvalue weighted by molar-refractivity contribution is 7.89. The van der Waals surface area contributed by atoms with E-state index in [4.69, 9.17) is 14.6 Å². The molecule has 0 spiro atoms. The van der Waals surface area contributed by atoms with Gasteiger partial charge in [-0.2, -0.15) is 5.26 Å². The zero-order valence-corrected chi connectivity index (χ0v) is 14.1. The van der Waals surface area contributed by atoms with Gasteiger partial charge in [0.05, 0.1) is 4.90 Å². The maximum absolute atomic E-state index is 12.3. The van der Waals surface area contributed by atoms with E-state index in [0.29, 0.717) is 22.7 Å². The SMILES string of the molecule is N#CC(=Cc1ccc2c(c1)OCO2)C(=O)Nc1ccc(S(N)(=O)=O)cc1. The van der Waals surface area contributed by atoms with Crippen molar-refractivity contribution in [3.63, 3.8) is 0 Å². The van der Waals surface area contributed by atoms with Crippen molar-refractivity contribution in [3.8, 4) is 17.6 Å². The minimum absolute atomic E-state index is 0.0769. The minimum atomic E-state index is -3.81. The number of fused-ring (bicyclic) bond motifs is 1. The number of rotatable bonds is 4. The van der Waals surface area contributed by atoms with Crippen LogP contribution in [0.1, 0.15) is 5.56 Å². The van der Waals surface area contributed by atoms with Crippen LogP contribution in [0.4, 0.5) is 5.69 Å². The van der Waals surface area contributed by atoms with Crippen LogP contribution in [-0.2, 0) is 14.8 Å². The molecule has 0 aliphatic carbocycles. The fourth-order valence-electron chi connectivity index (χ4n) is 2.24. The third kappa shape index (κ3) is 3.83. The highest BCUT2D eigenvalue weighted by atomic mass is 32.2. The number of hydrogen-bond donors (Lipinski definition) is 2. The van der Waals surface area contributed by atoms with E-state index in [1.807, 2.05) is 6.07 Å². The van der Waals surface area contributed by atoms with Gasteiger partial charge < -0.3 is 14.8 Å². The fraction of sp³-hybridized carbons (Fsp3) is 0.0588. The molecule has 0 saturated carbocycles. The van der Waals surface area contributed by atoms with Crippen molar-refractivity contribution in [1.82, 2.24) is 0 Å². The summed E-state index contributed by atoms with van der Waals surface area (Å²) in [6.45, 7) is 0.128. The first kappa shape index (κ1) is 17.5. The van der Waals surface area contributed by atoms with Gasteiger partial charge in [0.2, 0.25) is 16.8 Å². The number of nitriles is 1. The van der Waals surface area contributed by atoms with Gasteiger partial charge in [0.15, 0.2) is 11.5 Å². The summed E-state index contributed by atoms with van der Waals surface area (Å²) in [5, 5.41) is 16.8. The second-order valence-corrected chi connectivity index (χ2v) is 6.87. The summed E-state index contributed by atoms with van der Waals surface area (Å²) in [5.41, 5.74) is 0.805. The summed E-state index contributed by atoms with van der Waals surface area (Å²) in [6.07, 6.45) is 1.41. The van der Waals surface area contributed by atoms with Gasteiger partial charge in [-0.25, -0.2) is 13.6 Å². The number of ether oxygens (including phenoxy) is 2. The lowest BCUT2D eigenvalue weighted by molar-refractivity contribution is -0.112. The van der Waals surface area contributed by atoms with Crippen molar-refractivity contribution in [2.75, 3.05) is 12.1 Å². The molecule has 0 bridgehead atoms. The lowest BCUT2D eigenvalue weighted by atomic mass is 10.1. The van der Waals surface area contributed by atoms with Crippen molar-refractivity contribution < 1.29 is 22.7 Å². The molecule has 1 amide bonds. The Balaban J connectivity index is 1.78. The number of amides is 1. The number of carbonyl (C=O) groups is 1. The molecule has 0 aromatic heterocycles. The average molecular weight is 371 g/mol. The molecule has 1 aliphatic heterocycles. The van der Waals surface area contributed by atoms with E-state index in [1.54, 1.807) is 18.2 Å². The predicted octanol–water partition coefficient (Wildman–Crippen LogP) is 1.61. The van der Waals surface area contributed by atoms with Gasteiger partial charge in [-0.05, 0) is 48.0 Å².